The largest absolute Gasteiger partial charge is 0.414 e. The van der Waals surface area contributed by atoms with Crippen LogP contribution >= 0.6 is 11.3 Å². The molecule has 126 valence electrons. The molecule has 2 heterocycles. The molecule has 22 heavy (non-hydrogen) atoms. The minimum Gasteiger partial charge on any atom is -0.383 e. The highest BCUT2D eigenvalue weighted by atomic mass is 32.1. The number of hydrogen-bond acceptors (Lipinski definition) is 4. The van der Waals surface area contributed by atoms with Crippen molar-refractivity contribution in [2.75, 3.05) is 13.1 Å². The number of alkyl halides is 3. The number of halogens is 3. The summed E-state index contributed by atoms with van der Waals surface area (Å²) in [6.45, 7) is 8.14. The lowest BCUT2D eigenvalue weighted by atomic mass is 9.91. The molecule has 2 rings (SSSR count). The number of hydrogen-bond donors (Lipinski definition) is 1. The van der Waals surface area contributed by atoms with Crippen molar-refractivity contribution >= 4 is 11.3 Å². The van der Waals surface area contributed by atoms with Crippen molar-refractivity contribution in [1.82, 2.24) is 9.88 Å². The van der Waals surface area contributed by atoms with Gasteiger partial charge in [-0.2, -0.15) is 13.2 Å². The molecule has 1 saturated heterocycles. The van der Waals surface area contributed by atoms with Crippen molar-refractivity contribution in [1.29, 1.82) is 0 Å². The average Bonchev–Trinajstić information content (AvgIpc) is 2.86. The van der Waals surface area contributed by atoms with Gasteiger partial charge in [-0.15, -0.1) is 11.3 Å². The number of aliphatic hydroxyl groups is 1. The van der Waals surface area contributed by atoms with Gasteiger partial charge in [0.1, 0.15) is 0 Å². The van der Waals surface area contributed by atoms with E-state index in [2.05, 4.69) is 30.7 Å². The number of aliphatic hydroxyl groups excluding tert-OH is 1. The number of rotatable bonds is 3. The summed E-state index contributed by atoms with van der Waals surface area (Å²) >= 11 is 1.63. The first-order valence-electron chi connectivity index (χ1n) is 7.49. The summed E-state index contributed by atoms with van der Waals surface area (Å²) < 4.78 is 37.6. The van der Waals surface area contributed by atoms with E-state index >= 15 is 0 Å². The Labute approximate surface area is 133 Å². The van der Waals surface area contributed by atoms with Crippen LogP contribution in [-0.4, -0.2) is 40.4 Å². The number of likely N-dealkylation sites (tertiary alicyclic amines) is 1. The predicted molar refractivity (Wildman–Crippen MR) is 80.9 cm³/mol. The maximum absolute atomic E-state index is 12.5. The molecule has 1 aliphatic rings. The minimum absolute atomic E-state index is 0.0206. The lowest BCUT2D eigenvalue weighted by Crippen LogP contribution is -2.43. The Morgan fingerprint density at radius 1 is 1.32 bits per heavy atom. The van der Waals surface area contributed by atoms with E-state index in [1.807, 2.05) is 5.38 Å². The van der Waals surface area contributed by atoms with Crippen LogP contribution in [0.2, 0.25) is 0 Å². The van der Waals surface area contributed by atoms with Crippen LogP contribution in [0.25, 0.3) is 0 Å². The first kappa shape index (κ1) is 17.7. The highest BCUT2D eigenvalue weighted by Crippen LogP contribution is 2.32. The van der Waals surface area contributed by atoms with Crippen molar-refractivity contribution in [2.24, 2.45) is 5.92 Å². The fourth-order valence-corrected chi connectivity index (χ4v) is 3.55. The van der Waals surface area contributed by atoms with E-state index < -0.39 is 18.2 Å². The molecule has 1 N–H and O–H groups in total. The summed E-state index contributed by atoms with van der Waals surface area (Å²) in [5.41, 5.74) is 0.997. The van der Waals surface area contributed by atoms with Crippen molar-refractivity contribution in [3.63, 3.8) is 0 Å². The highest BCUT2D eigenvalue weighted by Gasteiger charge is 2.44. The molecule has 0 aromatic carbocycles. The third kappa shape index (κ3) is 4.43. The molecule has 0 bridgehead atoms. The smallest absolute Gasteiger partial charge is 0.383 e. The van der Waals surface area contributed by atoms with Gasteiger partial charge in [0.25, 0.3) is 0 Å². The zero-order valence-corrected chi connectivity index (χ0v) is 14.0. The molecule has 0 saturated carbocycles. The Balaban J connectivity index is 1.86. The van der Waals surface area contributed by atoms with Gasteiger partial charge in [0.05, 0.1) is 10.7 Å². The van der Waals surface area contributed by atoms with Gasteiger partial charge >= 0.3 is 6.18 Å². The quantitative estimate of drug-likeness (QED) is 0.917. The summed E-state index contributed by atoms with van der Waals surface area (Å²) in [7, 11) is 0. The van der Waals surface area contributed by atoms with Gasteiger partial charge in [0, 0.05) is 17.3 Å². The van der Waals surface area contributed by atoms with Gasteiger partial charge < -0.3 is 5.11 Å². The van der Waals surface area contributed by atoms with Crippen LogP contribution in [0.15, 0.2) is 5.38 Å². The summed E-state index contributed by atoms with van der Waals surface area (Å²) in [4.78, 5) is 6.73. The second-order valence-corrected chi connectivity index (χ2v) is 7.85. The molecule has 1 atom stereocenters. The highest BCUT2D eigenvalue weighted by molar-refractivity contribution is 7.09. The van der Waals surface area contributed by atoms with Crippen molar-refractivity contribution in [2.45, 2.75) is 57.9 Å². The topological polar surface area (TPSA) is 36.4 Å². The second kappa shape index (κ2) is 6.45. The zero-order chi connectivity index (χ0) is 16.5. The monoisotopic (exact) mass is 336 g/mol. The van der Waals surface area contributed by atoms with E-state index in [-0.39, 0.29) is 5.41 Å². The minimum atomic E-state index is -4.51. The van der Waals surface area contributed by atoms with Gasteiger partial charge in [-0.1, -0.05) is 20.8 Å². The summed E-state index contributed by atoms with van der Waals surface area (Å²) in [6.07, 6.45) is -5.96. The predicted octanol–water partition coefficient (Wildman–Crippen LogP) is 3.58. The maximum atomic E-state index is 12.5. The third-order valence-corrected chi connectivity index (χ3v) is 5.31. The summed E-state index contributed by atoms with van der Waals surface area (Å²) in [5.74, 6) is -0.683. The molecule has 1 fully saturated rings. The first-order chi connectivity index (χ1) is 10.1. The molecule has 0 aliphatic carbocycles. The van der Waals surface area contributed by atoms with Gasteiger partial charge in [-0.3, -0.25) is 4.90 Å². The number of aromatic nitrogens is 1. The molecule has 7 heteroatoms. The molecule has 0 amide bonds. The van der Waals surface area contributed by atoms with Crippen molar-refractivity contribution in [3.8, 4) is 0 Å². The third-order valence-electron chi connectivity index (χ3n) is 3.99. The SMILES string of the molecule is CC(C)(C)c1nc(CN2CCC(C(O)C(F)(F)F)CC2)cs1. The summed E-state index contributed by atoms with van der Waals surface area (Å²) in [5, 5.41) is 12.4. The van der Waals surface area contributed by atoms with Crippen LogP contribution in [-0.2, 0) is 12.0 Å². The zero-order valence-electron chi connectivity index (χ0n) is 13.2. The van der Waals surface area contributed by atoms with Crippen molar-refractivity contribution in [3.05, 3.63) is 16.1 Å². The van der Waals surface area contributed by atoms with Gasteiger partial charge in [0.2, 0.25) is 0 Å². The second-order valence-electron chi connectivity index (χ2n) is 6.99. The van der Waals surface area contributed by atoms with Crippen LogP contribution < -0.4 is 0 Å². The average molecular weight is 336 g/mol. The van der Waals surface area contributed by atoms with Crippen LogP contribution in [0.4, 0.5) is 13.2 Å². The summed E-state index contributed by atoms with van der Waals surface area (Å²) in [6, 6.07) is 0. The number of piperidine rings is 1. The van der Waals surface area contributed by atoms with Crippen molar-refractivity contribution < 1.29 is 18.3 Å². The molecule has 1 aliphatic heterocycles. The Morgan fingerprint density at radius 2 is 1.91 bits per heavy atom. The molecule has 1 unspecified atom stereocenters. The van der Waals surface area contributed by atoms with Gasteiger partial charge in [-0.25, -0.2) is 4.98 Å². The Kier molecular flexibility index (Phi) is 5.19. The Morgan fingerprint density at radius 3 is 2.36 bits per heavy atom. The van der Waals surface area contributed by atoms with E-state index in [0.717, 1.165) is 10.7 Å². The molecule has 1 aromatic heterocycles. The van der Waals surface area contributed by atoms with Crippen LogP contribution in [0.3, 0.4) is 0 Å². The van der Waals surface area contributed by atoms with E-state index in [1.165, 1.54) is 0 Å². The lowest BCUT2D eigenvalue weighted by molar-refractivity contribution is -0.223. The van der Waals surface area contributed by atoms with Crippen LogP contribution in [0.1, 0.15) is 44.3 Å². The Bertz CT molecular complexity index is 488. The number of thiazole rings is 1. The fourth-order valence-electron chi connectivity index (χ4n) is 2.65. The standard InChI is InChI=1S/C15H23F3N2OS/c1-14(2,3)13-19-11(9-22-13)8-20-6-4-10(5-7-20)12(21)15(16,17)18/h9-10,12,21H,4-8H2,1-3H3. The molecular weight excluding hydrogens is 313 g/mol. The van der Waals surface area contributed by atoms with Gasteiger partial charge in [0.15, 0.2) is 6.10 Å². The molecular formula is C15H23F3N2OS. The number of nitrogens with zero attached hydrogens (tertiary/aromatic N) is 2. The fraction of sp³-hybridized carbons (Fsp3) is 0.800. The van der Waals surface area contributed by atoms with Crippen LogP contribution in [0, 0.1) is 5.92 Å². The molecule has 3 nitrogen and oxygen atoms in total. The normalized spacial score (nSPS) is 20.3. The Hall–Kier alpha value is -0.660. The first-order valence-corrected chi connectivity index (χ1v) is 8.37. The van der Waals surface area contributed by atoms with E-state index in [9.17, 15) is 18.3 Å². The molecule has 0 radical (unpaired) electrons. The van der Waals surface area contributed by atoms with E-state index in [0.29, 0.717) is 32.5 Å². The van der Waals surface area contributed by atoms with E-state index in [1.54, 1.807) is 11.3 Å². The maximum Gasteiger partial charge on any atom is 0.414 e. The molecule has 0 spiro atoms. The van der Waals surface area contributed by atoms with Gasteiger partial charge in [-0.05, 0) is 31.8 Å². The molecule has 1 aromatic rings. The lowest BCUT2D eigenvalue weighted by Gasteiger charge is -2.34. The van der Waals surface area contributed by atoms with Crippen LogP contribution in [0.5, 0.6) is 0 Å². The van der Waals surface area contributed by atoms with E-state index in [4.69, 9.17) is 0 Å².